The quantitative estimate of drug-likeness (QED) is 0.273. The molecule has 0 bridgehead atoms. The van der Waals surface area contributed by atoms with Crippen LogP contribution in [0.2, 0.25) is 0 Å². The van der Waals surface area contributed by atoms with Crippen LogP contribution in [0.25, 0.3) is 0 Å². The Balaban J connectivity index is -0.0000000267. The van der Waals surface area contributed by atoms with Gasteiger partial charge in [-0.1, -0.05) is 0 Å². The molecule has 0 radical (unpaired) electrons. The van der Waals surface area contributed by atoms with Gasteiger partial charge in [0.15, 0.2) is 0 Å². The van der Waals surface area contributed by atoms with Gasteiger partial charge in [0.1, 0.15) is 0 Å². The molecule has 4 nitrogen and oxygen atoms in total. The summed E-state index contributed by atoms with van der Waals surface area (Å²) < 4.78 is 3.67. The van der Waals surface area contributed by atoms with E-state index in [1.165, 1.54) is 0 Å². The molecule has 0 heterocycles. The largest absolute Gasteiger partial charge is 1.00 e. The Morgan fingerprint density at radius 2 is 2.00 bits per heavy atom. The molecule has 0 aromatic carbocycles. The average molecular weight is 117 g/mol. The normalized spacial score (nSPS) is 4.71. The number of carboxylic acid groups (broad SMARTS) is 1. The minimum absolute atomic E-state index is 0. The molecule has 0 unspecified atom stereocenters. The second kappa shape index (κ2) is 9.52. The maximum Gasteiger partial charge on any atom is 1.00 e. The summed E-state index contributed by atoms with van der Waals surface area (Å²) in [6, 6.07) is 0. The van der Waals surface area contributed by atoms with Gasteiger partial charge in [-0.3, -0.25) is 0 Å². The topological polar surface area (TPSA) is 81.5 Å². The van der Waals surface area contributed by atoms with E-state index in [1.807, 2.05) is 0 Å². The third-order valence-corrected chi connectivity index (χ3v) is 0.175. The van der Waals surface area contributed by atoms with Crippen molar-refractivity contribution in [3.63, 3.8) is 0 Å². The molecule has 4 N–H and O–H groups in total. The van der Waals surface area contributed by atoms with Crippen LogP contribution in [-0.4, -0.2) is 18.4 Å². The Hall–Kier alpha value is 0.230. The van der Waals surface area contributed by atoms with Gasteiger partial charge >= 0.3 is 35.7 Å². The molecule has 0 saturated heterocycles. The van der Waals surface area contributed by atoms with Gasteiger partial charge < -0.3 is 17.4 Å². The number of rotatable bonds is 0. The van der Waals surface area contributed by atoms with E-state index >= 15 is 0 Å². The maximum atomic E-state index is 9.15. The zero-order chi connectivity index (χ0) is 4.28. The Morgan fingerprint density at radius 3 is 2.00 bits per heavy atom. The summed E-state index contributed by atoms with van der Waals surface area (Å²) in [6.07, 6.45) is -1.25. The first-order valence-corrected chi connectivity index (χ1v) is 1.04. The molecule has 0 amide bonds. The first-order valence-electron chi connectivity index (χ1n) is 1.04. The van der Waals surface area contributed by atoms with Crippen molar-refractivity contribution in [1.29, 1.82) is 0 Å². The smallest absolute Gasteiger partial charge is 1.00 e. The van der Waals surface area contributed by atoms with Gasteiger partial charge in [0.25, 0.3) is 0 Å². The molecule has 0 aromatic rings. The number of hydrogen-bond donors (Lipinski definition) is 2. The molecule has 0 aliphatic heterocycles. The van der Waals surface area contributed by atoms with Crippen molar-refractivity contribution in [2.45, 2.75) is 0 Å². The van der Waals surface area contributed by atoms with Gasteiger partial charge in [-0.05, 0) is 0 Å². The Bertz CT molecular complexity index is 52.5. The summed E-state index contributed by atoms with van der Waals surface area (Å²) in [4.78, 5) is 9.15. The molecule has 0 spiro atoms. The van der Waals surface area contributed by atoms with Crippen molar-refractivity contribution in [3.8, 4) is 0 Å². The third kappa shape index (κ3) is 22.4. The van der Waals surface area contributed by atoms with Crippen LogP contribution in [0, 0.1) is 0 Å². The van der Waals surface area contributed by atoms with Crippen LogP contribution in [0.4, 0.5) is 4.79 Å². The molecule has 0 aliphatic carbocycles. The first kappa shape index (κ1) is 15.7. The Kier molecular flexibility index (Phi) is 21.3. The maximum absolute atomic E-state index is 9.15. The summed E-state index contributed by atoms with van der Waals surface area (Å²) in [6.45, 7) is 0. The van der Waals surface area contributed by atoms with E-state index in [4.69, 9.17) is 9.90 Å². The molecule has 7 heavy (non-hydrogen) atoms. The minimum atomic E-state index is -1.25. The molecule has 0 atom stereocenters. The first-order chi connectivity index (χ1) is 2.27. The minimum Gasteiger partial charge on any atom is -1.00 e. The molecule has 5 heteroatoms. The monoisotopic (exact) mass is 117 g/mol. The van der Waals surface area contributed by atoms with Crippen molar-refractivity contribution >= 4 is 6.16 Å². The van der Waals surface area contributed by atoms with Crippen molar-refractivity contribution < 1.29 is 45.6 Å². The van der Waals surface area contributed by atoms with E-state index in [2.05, 4.69) is 4.74 Å². The number of carbonyl (C=O) groups is 1. The Labute approximate surface area is 65.2 Å². The fourth-order valence-electron chi connectivity index (χ4n) is 0. The molecule has 0 saturated carbocycles. The summed E-state index contributed by atoms with van der Waals surface area (Å²) >= 11 is 0. The van der Waals surface area contributed by atoms with E-state index in [0.29, 0.717) is 0 Å². The molecule has 40 valence electrons. The van der Waals surface area contributed by atoms with Crippen LogP contribution in [0.5, 0.6) is 0 Å². The van der Waals surface area contributed by atoms with Gasteiger partial charge in [0.05, 0.1) is 7.11 Å². The van der Waals surface area contributed by atoms with Gasteiger partial charge in [-0.15, -0.1) is 0 Å². The molecular formula is C2H8NNaO3. The zero-order valence-electron chi connectivity index (χ0n) is 5.47. The summed E-state index contributed by atoms with van der Waals surface area (Å²) in [5, 5.41) is 7.50. The predicted octanol–water partition coefficient (Wildman–Crippen LogP) is -2.41. The van der Waals surface area contributed by atoms with Crippen LogP contribution in [0.15, 0.2) is 0 Å². The van der Waals surface area contributed by atoms with Gasteiger partial charge in [0.2, 0.25) is 0 Å². The number of ether oxygens (including phenoxy) is 1. The van der Waals surface area contributed by atoms with Crippen LogP contribution < -0.4 is 35.7 Å². The van der Waals surface area contributed by atoms with E-state index in [-0.39, 0.29) is 37.1 Å². The summed E-state index contributed by atoms with van der Waals surface area (Å²) in [5.41, 5.74) is 0. The number of hydrogen-bond acceptors (Lipinski definition) is 3. The van der Waals surface area contributed by atoms with E-state index < -0.39 is 6.16 Å². The SMILES string of the molecule is COC(=O)O.N.[H-].[Na+]. The van der Waals surface area contributed by atoms with Gasteiger partial charge in [-0.2, -0.15) is 0 Å². The average Bonchev–Trinajstić information content (AvgIpc) is 1.38. The standard InChI is InChI=1S/C2H4O3.H3N.Na.H/c1-5-2(3)4;;;/h1H3,(H,3,4);1H3;;/q;;+1;-1. The van der Waals surface area contributed by atoms with E-state index in [0.717, 1.165) is 7.11 Å². The van der Waals surface area contributed by atoms with Crippen LogP contribution in [0.1, 0.15) is 1.43 Å². The van der Waals surface area contributed by atoms with E-state index in [1.54, 1.807) is 0 Å². The van der Waals surface area contributed by atoms with Crippen LogP contribution in [-0.2, 0) is 4.74 Å². The third-order valence-electron chi connectivity index (χ3n) is 0.175. The van der Waals surface area contributed by atoms with Crippen LogP contribution in [0.3, 0.4) is 0 Å². The number of methoxy groups -OCH3 is 1. The fourth-order valence-corrected chi connectivity index (χ4v) is 0. The second-order valence-corrected chi connectivity index (χ2v) is 0.470. The van der Waals surface area contributed by atoms with Crippen molar-refractivity contribution in [2.75, 3.05) is 7.11 Å². The predicted molar refractivity (Wildman–Crippen MR) is 21.2 cm³/mol. The molecular weight excluding hydrogens is 109 g/mol. The van der Waals surface area contributed by atoms with Crippen LogP contribution >= 0.6 is 0 Å². The summed E-state index contributed by atoms with van der Waals surface area (Å²) in [5.74, 6) is 0. The molecule has 0 aromatic heterocycles. The van der Waals surface area contributed by atoms with Gasteiger partial charge in [-0.25, -0.2) is 4.79 Å². The van der Waals surface area contributed by atoms with Crippen molar-refractivity contribution in [3.05, 3.63) is 0 Å². The second-order valence-electron chi connectivity index (χ2n) is 0.470. The van der Waals surface area contributed by atoms with Crippen molar-refractivity contribution in [2.24, 2.45) is 0 Å². The molecule has 0 fully saturated rings. The van der Waals surface area contributed by atoms with E-state index in [9.17, 15) is 0 Å². The summed E-state index contributed by atoms with van der Waals surface area (Å²) in [7, 11) is 1.10. The fraction of sp³-hybridized carbons (Fsp3) is 0.500. The Morgan fingerprint density at radius 1 is 1.86 bits per heavy atom. The van der Waals surface area contributed by atoms with Gasteiger partial charge in [0, 0.05) is 0 Å². The zero-order valence-corrected chi connectivity index (χ0v) is 6.47. The molecule has 0 rings (SSSR count). The molecule has 0 aliphatic rings. The van der Waals surface area contributed by atoms with Crippen molar-refractivity contribution in [1.82, 2.24) is 6.15 Å².